The fourth-order valence-corrected chi connectivity index (χ4v) is 1.79. The van der Waals surface area contributed by atoms with Gasteiger partial charge in [0.15, 0.2) is 0 Å². The largest absolute Gasteiger partial charge is 0.481 e. The third-order valence-corrected chi connectivity index (χ3v) is 3.14. The molecule has 3 amide bonds. The number of nitrogens with one attached hydrogen (secondary N) is 1. The molecule has 6 heteroatoms. The molecule has 2 N–H and O–H groups in total. The Morgan fingerprint density at radius 2 is 1.84 bits per heavy atom. The lowest BCUT2D eigenvalue weighted by Gasteiger charge is -2.20. The van der Waals surface area contributed by atoms with Gasteiger partial charge in [-0.2, -0.15) is 0 Å². The first kappa shape index (κ1) is 15.5. The number of carboxylic acid groups (broad SMARTS) is 1. The smallest absolute Gasteiger partial charge is 0.324 e. The molecule has 0 radical (unpaired) electrons. The quantitative estimate of drug-likeness (QED) is 0.656. The van der Waals surface area contributed by atoms with E-state index in [0.29, 0.717) is 31.8 Å². The van der Waals surface area contributed by atoms with Crippen molar-refractivity contribution < 1.29 is 19.5 Å². The van der Waals surface area contributed by atoms with E-state index in [1.807, 2.05) is 6.92 Å². The van der Waals surface area contributed by atoms with Crippen molar-refractivity contribution in [2.24, 2.45) is 5.92 Å². The minimum Gasteiger partial charge on any atom is -0.481 e. The Morgan fingerprint density at radius 1 is 1.21 bits per heavy atom. The van der Waals surface area contributed by atoms with E-state index in [9.17, 15) is 14.4 Å². The molecule has 0 atom stereocenters. The summed E-state index contributed by atoms with van der Waals surface area (Å²) in [7, 11) is 0. The van der Waals surface area contributed by atoms with Gasteiger partial charge in [-0.05, 0) is 38.5 Å². The fraction of sp³-hybridized carbons (Fsp3) is 0.769. The van der Waals surface area contributed by atoms with E-state index in [1.165, 1.54) is 0 Å². The fourth-order valence-electron chi connectivity index (χ4n) is 1.79. The number of unbranched alkanes of at least 4 members (excludes halogenated alkanes) is 1. The van der Waals surface area contributed by atoms with Gasteiger partial charge in [-0.25, -0.2) is 4.79 Å². The van der Waals surface area contributed by atoms with Crippen molar-refractivity contribution in [1.29, 1.82) is 0 Å². The maximum absolute atomic E-state index is 11.8. The molecule has 0 spiro atoms. The highest BCUT2D eigenvalue weighted by Crippen LogP contribution is 2.29. The summed E-state index contributed by atoms with van der Waals surface area (Å²) in [5.74, 6) is -0.598. The summed E-state index contributed by atoms with van der Waals surface area (Å²) < 4.78 is 0. The monoisotopic (exact) mass is 270 g/mol. The van der Waals surface area contributed by atoms with Crippen LogP contribution in [0.3, 0.4) is 0 Å². The number of aliphatic carboxylic acids is 1. The van der Waals surface area contributed by atoms with Crippen LogP contribution in [0, 0.1) is 5.92 Å². The van der Waals surface area contributed by atoms with E-state index < -0.39 is 5.97 Å². The van der Waals surface area contributed by atoms with E-state index in [0.717, 1.165) is 12.8 Å². The highest BCUT2D eigenvalue weighted by Gasteiger charge is 2.26. The van der Waals surface area contributed by atoms with Crippen LogP contribution >= 0.6 is 0 Å². The average Bonchev–Trinajstić information content (AvgIpc) is 3.15. The Kier molecular flexibility index (Phi) is 6.32. The van der Waals surface area contributed by atoms with Crippen LogP contribution in [0.4, 0.5) is 4.79 Å². The normalized spacial score (nSPS) is 13.9. The van der Waals surface area contributed by atoms with Crippen LogP contribution in [0.5, 0.6) is 0 Å². The first-order valence-corrected chi connectivity index (χ1v) is 6.83. The van der Waals surface area contributed by atoms with Crippen molar-refractivity contribution in [2.45, 2.75) is 45.4 Å². The molecule has 6 nitrogen and oxygen atoms in total. The van der Waals surface area contributed by atoms with Gasteiger partial charge in [0, 0.05) is 25.9 Å². The summed E-state index contributed by atoms with van der Waals surface area (Å²) in [5, 5.41) is 10.8. The first-order valence-electron chi connectivity index (χ1n) is 6.83. The summed E-state index contributed by atoms with van der Waals surface area (Å²) in [5.41, 5.74) is 0. The van der Waals surface area contributed by atoms with E-state index in [4.69, 9.17) is 5.11 Å². The predicted molar refractivity (Wildman–Crippen MR) is 69.6 cm³/mol. The van der Waals surface area contributed by atoms with E-state index in [1.54, 1.807) is 4.90 Å². The molecule has 1 aliphatic rings. The van der Waals surface area contributed by atoms with Gasteiger partial charge in [-0.1, -0.05) is 0 Å². The van der Waals surface area contributed by atoms with Gasteiger partial charge in [-0.3, -0.25) is 14.9 Å². The van der Waals surface area contributed by atoms with Crippen molar-refractivity contribution in [3.8, 4) is 0 Å². The van der Waals surface area contributed by atoms with Crippen LogP contribution in [0.25, 0.3) is 0 Å². The molecule has 0 saturated heterocycles. The van der Waals surface area contributed by atoms with Crippen LogP contribution in [0.2, 0.25) is 0 Å². The molecule has 1 rings (SSSR count). The lowest BCUT2D eigenvalue weighted by atomic mass is 10.2. The third kappa shape index (κ3) is 6.79. The van der Waals surface area contributed by atoms with Gasteiger partial charge in [-0.15, -0.1) is 0 Å². The average molecular weight is 270 g/mol. The molecule has 0 aromatic carbocycles. The van der Waals surface area contributed by atoms with Gasteiger partial charge in [0.05, 0.1) is 0 Å². The Bertz CT molecular complexity index is 340. The molecule has 108 valence electrons. The van der Waals surface area contributed by atoms with E-state index in [-0.39, 0.29) is 24.8 Å². The molecule has 0 heterocycles. The summed E-state index contributed by atoms with van der Waals surface area (Å²) in [6.45, 7) is 3.20. The molecule has 1 fully saturated rings. The summed E-state index contributed by atoms with van der Waals surface area (Å²) >= 11 is 0. The zero-order valence-electron chi connectivity index (χ0n) is 11.4. The van der Waals surface area contributed by atoms with Crippen molar-refractivity contribution in [3.05, 3.63) is 0 Å². The van der Waals surface area contributed by atoms with Gasteiger partial charge >= 0.3 is 12.0 Å². The van der Waals surface area contributed by atoms with Crippen LogP contribution in [0.1, 0.15) is 45.4 Å². The molecule has 0 aromatic heterocycles. The minimum absolute atomic E-state index is 0.0595. The van der Waals surface area contributed by atoms with E-state index in [2.05, 4.69) is 5.32 Å². The lowest BCUT2D eigenvalue weighted by Crippen LogP contribution is -2.43. The number of amides is 3. The molecular weight excluding hydrogens is 248 g/mol. The maximum atomic E-state index is 11.8. The summed E-state index contributed by atoms with van der Waals surface area (Å²) in [6.07, 6.45) is 3.51. The Hall–Kier alpha value is -1.59. The summed E-state index contributed by atoms with van der Waals surface area (Å²) in [6, 6.07) is -0.336. The highest BCUT2D eigenvalue weighted by molar-refractivity contribution is 5.94. The van der Waals surface area contributed by atoms with Crippen molar-refractivity contribution in [1.82, 2.24) is 10.2 Å². The number of carbonyl (C=O) groups is 3. The van der Waals surface area contributed by atoms with Crippen LogP contribution < -0.4 is 5.32 Å². The molecule has 0 aromatic rings. The number of hydrogen-bond donors (Lipinski definition) is 2. The molecular formula is C13H22N2O4. The zero-order valence-corrected chi connectivity index (χ0v) is 11.4. The molecule has 0 aliphatic heterocycles. The third-order valence-electron chi connectivity index (χ3n) is 3.14. The van der Waals surface area contributed by atoms with Crippen LogP contribution in [-0.2, 0) is 9.59 Å². The lowest BCUT2D eigenvalue weighted by molar-refractivity contribution is -0.137. The predicted octanol–water partition coefficient (Wildman–Crippen LogP) is 1.60. The van der Waals surface area contributed by atoms with Crippen molar-refractivity contribution in [3.63, 3.8) is 0 Å². The summed E-state index contributed by atoms with van der Waals surface area (Å²) in [4.78, 5) is 35.2. The Labute approximate surface area is 113 Å². The molecule has 19 heavy (non-hydrogen) atoms. The second-order valence-corrected chi connectivity index (χ2v) is 4.94. The second kappa shape index (κ2) is 7.76. The number of nitrogens with zero attached hydrogens (tertiary/aromatic N) is 1. The number of urea groups is 1. The molecule has 0 unspecified atom stereocenters. The number of carboxylic acids is 1. The van der Waals surface area contributed by atoms with Crippen LogP contribution in [-0.4, -0.2) is 41.0 Å². The van der Waals surface area contributed by atoms with Crippen LogP contribution in [0.15, 0.2) is 0 Å². The molecule has 1 saturated carbocycles. The van der Waals surface area contributed by atoms with Gasteiger partial charge < -0.3 is 10.0 Å². The maximum Gasteiger partial charge on any atom is 0.324 e. The minimum atomic E-state index is -0.863. The molecule has 1 aliphatic carbocycles. The topological polar surface area (TPSA) is 86.7 Å². The van der Waals surface area contributed by atoms with E-state index >= 15 is 0 Å². The SMILES string of the molecule is CCN(CC1CC1)C(=O)NC(=O)CCCCC(=O)O. The first-order chi connectivity index (χ1) is 9.02. The highest BCUT2D eigenvalue weighted by atomic mass is 16.4. The number of carbonyl (C=O) groups excluding carboxylic acids is 2. The standard InChI is InChI=1S/C13H22N2O4/c1-2-15(9-10-7-8-10)13(19)14-11(16)5-3-4-6-12(17)18/h10H,2-9H2,1H3,(H,17,18)(H,14,16,19). The Balaban J connectivity index is 2.18. The van der Waals surface area contributed by atoms with Gasteiger partial charge in [0.2, 0.25) is 5.91 Å². The zero-order chi connectivity index (χ0) is 14.3. The number of hydrogen-bond acceptors (Lipinski definition) is 3. The molecule has 0 bridgehead atoms. The number of rotatable bonds is 8. The van der Waals surface area contributed by atoms with Crippen molar-refractivity contribution in [2.75, 3.05) is 13.1 Å². The van der Waals surface area contributed by atoms with Gasteiger partial charge in [0.1, 0.15) is 0 Å². The Morgan fingerprint density at radius 3 is 2.37 bits per heavy atom. The van der Waals surface area contributed by atoms with Crippen molar-refractivity contribution >= 4 is 17.9 Å². The number of imide groups is 1. The van der Waals surface area contributed by atoms with Gasteiger partial charge in [0.25, 0.3) is 0 Å². The second-order valence-electron chi connectivity index (χ2n) is 4.94.